The van der Waals surface area contributed by atoms with Gasteiger partial charge in [-0.05, 0) is 18.2 Å². The van der Waals surface area contributed by atoms with Crippen LogP contribution in [-0.4, -0.2) is 29.0 Å². The molecule has 0 saturated heterocycles. The van der Waals surface area contributed by atoms with E-state index in [0.29, 0.717) is 18.1 Å². The number of aryl methyl sites for hydroxylation is 1. The van der Waals surface area contributed by atoms with E-state index in [1.54, 1.807) is 49.2 Å². The maximum atomic E-state index is 12.6. The SMILES string of the molecule is CCN(Cc1cnn(C)c1)S(=O)(=O)c1cccc(Cl)c1. The molecule has 0 aliphatic carbocycles. The molecular weight excluding hydrogens is 298 g/mol. The predicted octanol–water partition coefficient (Wildman–Crippen LogP) is 2.28. The highest BCUT2D eigenvalue weighted by Crippen LogP contribution is 2.21. The monoisotopic (exact) mass is 313 g/mol. The zero-order valence-corrected chi connectivity index (χ0v) is 12.9. The number of rotatable bonds is 5. The highest BCUT2D eigenvalue weighted by atomic mass is 35.5. The lowest BCUT2D eigenvalue weighted by molar-refractivity contribution is 0.423. The van der Waals surface area contributed by atoms with E-state index in [2.05, 4.69) is 5.10 Å². The van der Waals surface area contributed by atoms with Crippen LogP contribution in [0.25, 0.3) is 0 Å². The molecule has 20 heavy (non-hydrogen) atoms. The van der Waals surface area contributed by atoms with Crippen molar-refractivity contribution >= 4 is 21.6 Å². The van der Waals surface area contributed by atoms with Gasteiger partial charge in [-0.15, -0.1) is 0 Å². The van der Waals surface area contributed by atoms with Crippen molar-refractivity contribution in [3.05, 3.63) is 47.2 Å². The number of hydrogen-bond acceptors (Lipinski definition) is 3. The first-order valence-corrected chi connectivity index (χ1v) is 7.98. The molecule has 0 radical (unpaired) electrons. The van der Waals surface area contributed by atoms with Gasteiger partial charge in [-0.3, -0.25) is 4.68 Å². The molecule has 1 aromatic carbocycles. The summed E-state index contributed by atoms with van der Waals surface area (Å²) in [6.07, 6.45) is 3.46. The lowest BCUT2D eigenvalue weighted by atomic mass is 10.3. The maximum absolute atomic E-state index is 12.6. The van der Waals surface area contributed by atoms with Crippen molar-refractivity contribution in [3.63, 3.8) is 0 Å². The molecule has 0 amide bonds. The molecule has 2 rings (SSSR count). The van der Waals surface area contributed by atoms with E-state index in [9.17, 15) is 8.42 Å². The van der Waals surface area contributed by atoms with E-state index in [1.807, 2.05) is 0 Å². The highest BCUT2D eigenvalue weighted by molar-refractivity contribution is 7.89. The molecule has 0 N–H and O–H groups in total. The second kappa shape index (κ2) is 5.95. The maximum Gasteiger partial charge on any atom is 0.243 e. The Morgan fingerprint density at radius 3 is 2.70 bits per heavy atom. The molecule has 0 bridgehead atoms. The molecule has 7 heteroatoms. The minimum atomic E-state index is -3.55. The second-order valence-electron chi connectivity index (χ2n) is 4.41. The molecule has 0 unspecified atom stereocenters. The molecule has 0 aliphatic heterocycles. The van der Waals surface area contributed by atoms with Gasteiger partial charge in [0.25, 0.3) is 0 Å². The van der Waals surface area contributed by atoms with Crippen molar-refractivity contribution in [3.8, 4) is 0 Å². The van der Waals surface area contributed by atoms with Gasteiger partial charge in [-0.2, -0.15) is 9.40 Å². The van der Waals surface area contributed by atoms with Crippen LogP contribution in [0.1, 0.15) is 12.5 Å². The van der Waals surface area contributed by atoms with Gasteiger partial charge in [0.2, 0.25) is 10.0 Å². The first kappa shape index (κ1) is 15.0. The Hall–Kier alpha value is -1.37. The summed E-state index contributed by atoms with van der Waals surface area (Å²) in [5.74, 6) is 0. The number of benzene rings is 1. The number of hydrogen-bond donors (Lipinski definition) is 0. The summed E-state index contributed by atoms with van der Waals surface area (Å²) in [5, 5.41) is 4.45. The van der Waals surface area contributed by atoms with Gasteiger partial charge in [0.1, 0.15) is 0 Å². The normalized spacial score (nSPS) is 12.0. The summed E-state index contributed by atoms with van der Waals surface area (Å²) in [6, 6.07) is 6.29. The van der Waals surface area contributed by atoms with Crippen LogP contribution < -0.4 is 0 Å². The molecule has 0 saturated carbocycles. The van der Waals surface area contributed by atoms with Crippen molar-refractivity contribution in [2.24, 2.45) is 7.05 Å². The number of halogens is 1. The van der Waals surface area contributed by atoms with E-state index in [-0.39, 0.29) is 4.90 Å². The van der Waals surface area contributed by atoms with Gasteiger partial charge < -0.3 is 0 Å². The molecule has 5 nitrogen and oxygen atoms in total. The zero-order chi connectivity index (χ0) is 14.8. The molecule has 0 aliphatic rings. The quantitative estimate of drug-likeness (QED) is 0.851. The van der Waals surface area contributed by atoms with Crippen LogP contribution in [0.15, 0.2) is 41.6 Å². The molecule has 0 fully saturated rings. The van der Waals surface area contributed by atoms with Gasteiger partial charge in [0.05, 0.1) is 11.1 Å². The van der Waals surface area contributed by atoms with E-state index in [0.717, 1.165) is 5.56 Å². The van der Waals surface area contributed by atoms with E-state index < -0.39 is 10.0 Å². The third-order valence-electron chi connectivity index (χ3n) is 2.90. The Balaban J connectivity index is 2.30. The fraction of sp³-hybridized carbons (Fsp3) is 0.308. The molecule has 2 aromatic rings. The smallest absolute Gasteiger partial charge is 0.243 e. The van der Waals surface area contributed by atoms with Crippen LogP contribution in [-0.2, 0) is 23.6 Å². The minimum Gasteiger partial charge on any atom is -0.275 e. The fourth-order valence-electron chi connectivity index (χ4n) is 1.90. The molecule has 108 valence electrons. The van der Waals surface area contributed by atoms with Crippen LogP contribution in [0.5, 0.6) is 0 Å². The molecule has 1 aromatic heterocycles. The Labute approximate surface area is 123 Å². The Morgan fingerprint density at radius 1 is 1.40 bits per heavy atom. The predicted molar refractivity (Wildman–Crippen MR) is 77.9 cm³/mol. The largest absolute Gasteiger partial charge is 0.275 e. The van der Waals surface area contributed by atoms with E-state index in [1.165, 1.54) is 10.4 Å². The lowest BCUT2D eigenvalue weighted by Crippen LogP contribution is -2.30. The van der Waals surface area contributed by atoms with Crippen molar-refractivity contribution < 1.29 is 8.42 Å². The summed E-state index contributed by atoms with van der Waals surface area (Å²) in [4.78, 5) is 0.204. The number of nitrogens with zero attached hydrogens (tertiary/aromatic N) is 3. The standard InChI is InChI=1S/C13H16ClN3O2S/c1-3-17(10-11-8-15-16(2)9-11)20(18,19)13-6-4-5-12(14)7-13/h4-9H,3,10H2,1-2H3. The van der Waals surface area contributed by atoms with Crippen molar-refractivity contribution in [1.82, 2.24) is 14.1 Å². The average molecular weight is 314 g/mol. The average Bonchev–Trinajstić information content (AvgIpc) is 2.81. The van der Waals surface area contributed by atoms with Gasteiger partial charge in [0, 0.05) is 36.9 Å². The van der Waals surface area contributed by atoms with Crippen LogP contribution in [0, 0.1) is 0 Å². The molecular formula is C13H16ClN3O2S. The van der Waals surface area contributed by atoms with E-state index >= 15 is 0 Å². The minimum absolute atomic E-state index is 0.204. The zero-order valence-electron chi connectivity index (χ0n) is 11.3. The lowest BCUT2D eigenvalue weighted by Gasteiger charge is -2.19. The van der Waals surface area contributed by atoms with Gasteiger partial charge in [-0.1, -0.05) is 24.6 Å². The van der Waals surface area contributed by atoms with Crippen LogP contribution in [0.4, 0.5) is 0 Å². The van der Waals surface area contributed by atoms with Crippen LogP contribution >= 0.6 is 11.6 Å². The van der Waals surface area contributed by atoms with Gasteiger partial charge in [-0.25, -0.2) is 8.42 Å². The summed E-state index contributed by atoms with van der Waals surface area (Å²) in [7, 11) is -1.75. The summed E-state index contributed by atoms with van der Waals surface area (Å²) < 4.78 is 28.2. The number of aromatic nitrogens is 2. The first-order chi connectivity index (χ1) is 9.43. The van der Waals surface area contributed by atoms with Crippen molar-refractivity contribution in [2.75, 3.05) is 6.54 Å². The Bertz CT molecular complexity index is 697. The van der Waals surface area contributed by atoms with Crippen molar-refractivity contribution in [1.29, 1.82) is 0 Å². The second-order valence-corrected chi connectivity index (χ2v) is 6.79. The van der Waals surface area contributed by atoms with Crippen LogP contribution in [0.2, 0.25) is 5.02 Å². The molecule has 1 heterocycles. The number of sulfonamides is 1. The first-order valence-electron chi connectivity index (χ1n) is 6.16. The Kier molecular flexibility index (Phi) is 4.47. The third kappa shape index (κ3) is 3.20. The van der Waals surface area contributed by atoms with Crippen LogP contribution in [0.3, 0.4) is 0 Å². The molecule has 0 spiro atoms. The third-order valence-corrected chi connectivity index (χ3v) is 5.06. The Morgan fingerprint density at radius 2 is 2.15 bits per heavy atom. The summed E-state index contributed by atoms with van der Waals surface area (Å²) >= 11 is 5.87. The highest BCUT2D eigenvalue weighted by Gasteiger charge is 2.23. The topological polar surface area (TPSA) is 55.2 Å². The van der Waals surface area contributed by atoms with E-state index in [4.69, 9.17) is 11.6 Å². The van der Waals surface area contributed by atoms with Gasteiger partial charge in [0.15, 0.2) is 0 Å². The summed E-state index contributed by atoms with van der Waals surface area (Å²) in [6.45, 7) is 2.47. The van der Waals surface area contributed by atoms with Gasteiger partial charge >= 0.3 is 0 Å². The summed E-state index contributed by atoms with van der Waals surface area (Å²) in [5.41, 5.74) is 0.847. The molecule has 0 atom stereocenters. The van der Waals surface area contributed by atoms with Crippen molar-refractivity contribution in [2.45, 2.75) is 18.4 Å². The fourth-order valence-corrected chi connectivity index (χ4v) is 3.64.